The quantitative estimate of drug-likeness (QED) is 0.607. The van der Waals surface area contributed by atoms with E-state index in [1.807, 2.05) is 6.92 Å². The fraction of sp³-hybridized carbons (Fsp3) is 0.917. The molecular weight excluding hydrogens is 220 g/mol. The number of rotatable bonds is 8. The molecule has 0 radical (unpaired) electrons. The van der Waals surface area contributed by atoms with Crippen molar-refractivity contribution in [3.05, 3.63) is 0 Å². The summed E-state index contributed by atoms with van der Waals surface area (Å²) in [6, 6.07) is -0.177. The van der Waals surface area contributed by atoms with Crippen LogP contribution in [0.1, 0.15) is 32.6 Å². The van der Waals surface area contributed by atoms with Gasteiger partial charge in [-0.1, -0.05) is 0 Å². The minimum absolute atomic E-state index is 0.0546. The van der Waals surface area contributed by atoms with Crippen LogP contribution in [0.3, 0.4) is 0 Å². The zero-order valence-corrected chi connectivity index (χ0v) is 10.8. The highest BCUT2D eigenvalue weighted by molar-refractivity contribution is 5.81. The molecule has 1 rings (SSSR count). The summed E-state index contributed by atoms with van der Waals surface area (Å²) >= 11 is 0. The van der Waals surface area contributed by atoms with Gasteiger partial charge in [-0.05, 0) is 32.6 Å². The lowest BCUT2D eigenvalue weighted by Crippen LogP contribution is -2.52. The molecule has 0 spiro atoms. The van der Waals surface area contributed by atoms with Crippen LogP contribution >= 0.6 is 0 Å². The lowest BCUT2D eigenvalue weighted by Gasteiger charge is -2.35. The van der Waals surface area contributed by atoms with Gasteiger partial charge >= 0.3 is 0 Å². The van der Waals surface area contributed by atoms with Crippen molar-refractivity contribution in [3.8, 4) is 0 Å². The van der Waals surface area contributed by atoms with Crippen molar-refractivity contribution in [1.29, 1.82) is 0 Å². The summed E-state index contributed by atoms with van der Waals surface area (Å²) < 4.78 is 10.4. The molecule has 1 fully saturated rings. The first-order valence-electron chi connectivity index (χ1n) is 6.33. The second kappa shape index (κ2) is 7.63. The predicted octanol–water partition coefficient (Wildman–Crippen LogP) is 0.424. The minimum atomic E-state index is -0.420. The Morgan fingerprint density at radius 3 is 2.82 bits per heavy atom. The highest BCUT2D eigenvalue weighted by Gasteiger charge is 2.31. The number of nitrogens with two attached hydrogens (primary N) is 1. The highest BCUT2D eigenvalue weighted by Crippen LogP contribution is 2.23. The standard InChI is InChI=1S/C12H24N2O3/c1-3-17-10-7-9(8-10)14-12(15)11(13)5-4-6-16-2/h9-11H,3-8,13H2,1-2H3,(H,14,15). The largest absolute Gasteiger partial charge is 0.385 e. The molecule has 0 aromatic carbocycles. The Hall–Kier alpha value is -0.650. The second-order valence-corrected chi connectivity index (χ2v) is 4.50. The number of carbonyl (C=O) groups excluding carboxylic acids is 1. The number of carbonyl (C=O) groups is 1. The van der Waals surface area contributed by atoms with Crippen molar-refractivity contribution in [3.63, 3.8) is 0 Å². The highest BCUT2D eigenvalue weighted by atomic mass is 16.5. The van der Waals surface area contributed by atoms with Gasteiger partial charge in [-0.3, -0.25) is 4.79 Å². The molecule has 0 heterocycles. The molecule has 0 saturated heterocycles. The maximum Gasteiger partial charge on any atom is 0.237 e. The van der Waals surface area contributed by atoms with Crippen LogP contribution in [0.15, 0.2) is 0 Å². The van der Waals surface area contributed by atoms with Crippen LogP contribution in [0.4, 0.5) is 0 Å². The molecule has 5 nitrogen and oxygen atoms in total. The third kappa shape index (κ3) is 5.02. The number of hydrogen-bond donors (Lipinski definition) is 2. The summed E-state index contributed by atoms with van der Waals surface area (Å²) in [6.07, 6.45) is 3.61. The van der Waals surface area contributed by atoms with Gasteiger partial charge in [0.05, 0.1) is 12.1 Å². The first-order valence-corrected chi connectivity index (χ1v) is 6.33. The van der Waals surface area contributed by atoms with Gasteiger partial charge in [-0.2, -0.15) is 0 Å². The van der Waals surface area contributed by atoms with Crippen molar-refractivity contribution < 1.29 is 14.3 Å². The van der Waals surface area contributed by atoms with Crippen LogP contribution < -0.4 is 11.1 Å². The van der Waals surface area contributed by atoms with E-state index in [0.29, 0.717) is 19.1 Å². The van der Waals surface area contributed by atoms with Gasteiger partial charge in [0.1, 0.15) is 0 Å². The monoisotopic (exact) mass is 244 g/mol. The maximum absolute atomic E-state index is 11.7. The first kappa shape index (κ1) is 14.4. The maximum atomic E-state index is 11.7. The van der Waals surface area contributed by atoms with E-state index in [4.69, 9.17) is 15.2 Å². The van der Waals surface area contributed by atoms with Crippen LogP contribution in [-0.4, -0.2) is 44.4 Å². The van der Waals surface area contributed by atoms with Crippen LogP contribution in [0.25, 0.3) is 0 Å². The number of ether oxygens (including phenoxy) is 2. The molecule has 1 aliphatic rings. The average molecular weight is 244 g/mol. The van der Waals surface area contributed by atoms with E-state index in [1.165, 1.54) is 0 Å². The van der Waals surface area contributed by atoms with E-state index in [-0.39, 0.29) is 11.9 Å². The molecule has 3 N–H and O–H groups in total. The van der Waals surface area contributed by atoms with E-state index < -0.39 is 6.04 Å². The Balaban J connectivity index is 2.09. The average Bonchev–Trinajstić information content (AvgIpc) is 2.26. The molecule has 1 amide bonds. The van der Waals surface area contributed by atoms with Gasteiger partial charge in [-0.15, -0.1) is 0 Å². The second-order valence-electron chi connectivity index (χ2n) is 4.50. The lowest BCUT2D eigenvalue weighted by molar-refractivity contribution is -0.125. The van der Waals surface area contributed by atoms with Crippen LogP contribution in [-0.2, 0) is 14.3 Å². The van der Waals surface area contributed by atoms with Crippen molar-refractivity contribution in [2.24, 2.45) is 5.73 Å². The summed E-state index contributed by atoms with van der Waals surface area (Å²) in [5.74, 6) is -0.0546. The molecule has 1 aliphatic carbocycles. The van der Waals surface area contributed by atoms with Crippen molar-refractivity contribution >= 4 is 5.91 Å². The van der Waals surface area contributed by atoms with Crippen molar-refractivity contribution in [1.82, 2.24) is 5.32 Å². The Bertz CT molecular complexity index is 230. The van der Waals surface area contributed by atoms with Gasteiger partial charge in [0.15, 0.2) is 0 Å². The Kier molecular flexibility index (Phi) is 6.47. The Morgan fingerprint density at radius 1 is 1.53 bits per heavy atom. The van der Waals surface area contributed by atoms with Gasteiger partial charge in [0.25, 0.3) is 0 Å². The minimum Gasteiger partial charge on any atom is -0.385 e. The molecular formula is C12H24N2O3. The first-order chi connectivity index (χ1) is 8.17. The summed E-state index contributed by atoms with van der Waals surface area (Å²) in [4.78, 5) is 11.7. The zero-order valence-electron chi connectivity index (χ0n) is 10.8. The van der Waals surface area contributed by atoms with Crippen LogP contribution in [0, 0.1) is 0 Å². The van der Waals surface area contributed by atoms with Crippen LogP contribution in [0.5, 0.6) is 0 Å². The molecule has 1 saturated carbocycles. The van der Waals surface area contributed by atoms with E-state index in [2.05, 4.69) is 5.32 Å². The van der Waals surface area contributed by atoms with E-state index in [9.17, 15) is 4.79 Å². The molecule has 5 heteroatoms. The summed E-state index contributed by atoms with van der Waals surface area (Å²) in [5.41, 5.74) is 5.78. The molecule has 1 atom stereocenters. The third-order valence-corrected chi connectivity index (χ3v) is 3.04. The molecule has 0 aromatic heterocycles. The third-order valence-electron chi connectivity index (χ3n) is 3.04. The van der Waals surface area contributed by atoms with Gasteiger partial charge in [0, 0.05) is 26.4 Å². The van der Waals surface area contributed by atoms with E-state index in [1.54, 1.807) is 7.11 Å². The number of methoxy groups -OCH3 is 1. The molecule has 0 aromatic rings. The molecule has 17 heavy (non-hydrogen) atoms. The lowest BCUT2D eigenvalue weighted by atomic mass is 9.89. The number of amides is 1. The summed E-state index contributed by atoms with van der Waals surface area (Å²) in [7, 11) is 1.65. The molecule has 1 unspecified atom stereocenters. The SMILES string of the molecule is CCOC1CC(NC(=O)C(N)CCCOC)C1. The molecule has 0 bridgehead atoms. The predicted molar refractivity (Wildman–Crippen MR) is 65.7 cm³/mol. The topological polar surface area (TPSA) is 73.6 Å². The summed E-state index contributed by atoms with van der Waals surface area (Å²) in [6.45, 7) is 3.37. The van der Waals surface area contributed by atoms with Gasteiger partial charge in [0.2, 0.25) is 5.91 Å². The fourth-order valence-corrected chi connectivity index (χ4v) is 1.94. The van der Waals surface area contributed by atoms with Crippen molar-refractivity contribution in [2.45, 2.75) is 50.8 Å². The number of hydrogen-bond acceptors (Lipinski definition) is 4. The van der Waals surface area contributed by atoms with E-state index in [0.717, 1.165) is 25.9 Å². The molecule has 0 aliphatic heterocycles. The Morgan fingerprint density at radius 2 is 2.24 bits per heavy atom. The molecule has 100 valence electrons. The summed E-state index contributed by atoms with van der Waals surface area (Å²) in [5, 5.41) is 2.95. The Labute approximate surface area is 103 Å². The van der Waals surface area contributed by atoms with Crippen LogP contribution in [0.2, 0.25) is 0 Å². The van der Waals surface area contributed by atoms with Gasteiger partial charge in [-0.25, -0.2) is 0 Å². The van der Waals surface area contributed by atoms with Crippen molar-refractivity contribution in [2.75, 3.05) is 20.3 Å². The fourth-order valence-electron chi connectivity index (χ4n) is 1.94. The smallest absolute Gasteiger partial charge is 0.237 e. The normalized spacial score (nSPS) is 25.1. The van der Waals surface area contributed by atoms with Gasteiger partial charge < -0.3 is 20.5 Å². The zero-order chi connectivity index (χ0) is 12.7. The van der Waals surface area contributed by atoms with E-state index >= 15 is 0 Å². The number of nitrogens with one attached hydrogen (secondary N) is 1.